The van der Waals surface area contributed by atoms with Gasteiger partial charge in [-0.3, -0.25) is 0 Å². The summed E-state index contributed by atoms with van der Waals surface area (Å²) in [7, 11) is -1.54. The highest BCUT2D eigenvalue weighted by Crippen LogP contribution is 2.51. The molecule has 0 radical (unpaired) electrons. The van der Waals surface area contributed by atoms with E-state index >= 15 is 0 Å². The quantitative estimate of drug-likeness (QED) is 0.812. The van der Waals surface area contributed by atoms with Gasteiger partial charge in [0.2, 0.25) is 10.0 Å². The molecule has 2 rings (SSSR count). The van der Waals surface area contributed by atoms with Crippen molar-refractivity contribution < 1.29 is 8.42 Å². The van der Waals surface area contributed by atoms with E-state index in [0.717, 1.165) is 18.4 Å². The molecule has 1 aromatic carbocycles. The van der Waals surface area contributed by atoms with Gasteiger partial charge in [-0.15, -0.1) is 0 Å². The summed E-state index contributed by atoms with van der Waals surface area (Å²) < 4.78 is 27.6. The minimum absolute atomic E-state index is 0.284. The van der Waals surface area contributed by atoms with Gasteiger partial charge in [-0.05, 0) is 54.5 Å². The summed E-state index contributed by atoms with van der Waals surface area (Å²) in [5.41, 5.74) is 2.52. The zero-order chi connectivity index (χ0) is 15.7. The third-order valence-corrected chi connectivity index (χ3v) is 5.89. The Labute approximate surface area is 128 Å². The van der Waals surface area contributed by atoms with Crippen molar-refractivity contribution in [3.8, 4) is 0 Å². The first-order chi connectivity index (χ1) is 9.80. The standard InChI is InChI=1S/C16H26N2O2S/c1-5-12-6-7-15(8-13(12)10-17-4)21(19,20)18-11-14-9-16(14,2)3/h6-8,14,17-18H,5,9-11H2,1-4H3. The molecule has 1 unspecified atom stereocenters. The van der Waals surface area contributed by atoms with Gasteiger partial charge < -0.3 is 5.32 Å². The molecular weight excluding hydrogens is 284 g/mol. The molecule has 0 spiro atoms. The molecule has 5 heteroatoms. The van der Waals surface area contributed by atoms with Crippen LogP contribution in [-0.2, 0) is 23.0 Å². The lowest BCUT2D eigenvalue weighted by molar-refractivity contribution is 0.537. The first-order valence-electron chi connectivity index (χ1n) is 7.56. The smallest absolute Gasteiger partial charge is 0.240 e. The summed E-state index contributed by atoms with van der Waals surface area (Å²) in [4.78, 5) is 0.364. The summed E-state index contributed by atoms with van der Waals surface area (Å²) in [6, 6.07) is 5.41. The number of aryl methyl sites for hydroxylation is 1. The van der Waals surface area contributed by atoms with Gasteiger partial charge in [0.15, 0.2) is 0 Å². The summed E-state index contributed by atoms with van der Waals surface area (Å²) in [6.07, 6.45) is 2.00. The summed E-state index contributed by atoms with van der Waals surface area (Å²) >= 11 is 0. The van der Waals surface area contributed by atoms with Crippen molar-refractivity contribution in [1.82, 2.24) is 10.0 Å². The number of nitrogens with one attached hydrogen (secondary N) is 2. The van der Waals surface area contributed by atoms with Crippen LogP contribution < -0.4 is 10.0 Å². The average molecular weight is 310 g/mol. The highest BCUT2D eigenvalue weighted by atomic mass is 32.2. The van der Waals surface area contributed by atoms with E-state index in [1.807, 2.05) is 13.1 Å². The Hall–Kier alpha value is -0.910. The van der Waals surface area contributed by atoms with Gasteiger partial charge in [0, 0.05) is 13.1 Å². The second-order valence-corrected chi connectivity index (χ2v) is 8.32. The third kappa shape index (κ3) is 3.84. The lowest BCUT2D eigenvalue weighted by atomic mass is 10.1. The van der Waals surface area contributed by atoms with Crippen molar-refractivity contribution in [3.63, 3.8) is 0 Å². The van der Waals surface area contributed by atoms with Crippen molar-refractivity contribution in [2.24, 2.45) is 11.3 Å². The Morgan fingerprint density at radius 2 is 1.95 bits per heavy atom. The molecule has 0 aliphatic heterocycles. The molecule has 1 aromatic rings. The Balaban J connectivity index is 2.13. The van der Waals surface area contributed by atoms with Crippen molar-refractivity contribution in [1.29, 1.82) is 0 Å². The van der Waals surface area contributed by atoms with E-state index in [1.165, 1.54) is 5.56 Å². The maximum absolute atomic E-state index is 12.4. The van der Waals surface area contributed by atoms with Crippen LogP contribution in [0.2, 0.25) is 0 Å². The number of sulfonamides is 1. The lowest BCUT2D eigenvalue weighted by Crippen LogP contribution is -2.27. The number of rotatable bonds is 7. The van der Waals surface area contributed by atoms with Crippen molar-refractivity contribution >= 4 is 10.0 Å². The molecule has 118 valence electrons. The second-order valence-electron chi connectivity index (χ2n) is 6.56. The summed E-state index contributed by atoms with van der Waals surface area (Å²) in [6.45, 7) is 7.64. The predicted molar refractivity (Wildman–Crippen MR) is 85.7 cm³/mol. The van der Waals surface area contributed by atoms with Gasteiger partial charge >= 0.3 is 0 Å². The van der Waals surface area contributed by atoms with Crippen LogP contribution in [0, 0.1) is 11.3 Å². The topological polar surface area (TPSA) is 58.2 Å². The van der Waals surface area contributed by atoms with Gasteiger partial charge in [-0.1, -0.05) is 26.8 Å². The monoisotopic (exact) mass is 310 g/mol. The molecule has 1 aliphatic carbocycles. The molecule has 1 saturated carbocycles. The maximum Gasteiger partial charge on any atom is 0.240 e. The van der Waals surface area contributed by atoms with Crippen LogP contribution >= 0.6 is 0 Å². The molecule has 1 fully saturated rings. The molecule has 0 heterocycles. The fourth-order valence-electron chi connectivity index (χ4n) is 2.69. The van der Waals surface area contributed by atoms with Gasteiger partial charge in [-0.2, -0.15) is 0 Å². The Morgan fingerprint density at radius 1 is 1.29 bits per heavy atom. The normalized spacial score (nSPS) is 20.5. The van der Waals surface area contributed by atoms with Crippen LogP contribution in [0.25, 0.3) is 0 Å². The summed E-state index contributed by atoms with van der Waals surface area (Å²) in [5, 5.41) is 3.09. The minimum Gasteiger partial charge on any atom is -0.316 e. The highest BCUT2D eigenvalue weighted by Gasteiger charge is 2.45. The van der Waals surface area contributed by atoms with Crippen LogP contribution in [-0.4, -0.2) is 22.0 Å². The first kappa shape index (κ1) is 16.5. The predicted octanol–water partition coefficient (Wildman–Crippen LogP) is 2.29. The Kier molecular flexibility index (Phi) is 4.76. The summed E-state index contributed by atoms with van der Waals surface area (Å²) in [5.74, 6) is 0.457. The van der Waals surface area contributed by atoms with E-state index in [0.29, 0.717) is 23.9 Å². The van der Waals surface area contributed by atoms with Gasteiger partial charge in [-0.25, -0.2) is 13.1 Å². The van der Waals surface area contributed by atoms with Crippen LogP contribution in [0.5, 0.6) is 0 Å². The molecule has 0 bridgehead atoms. The Morgan fingerprint density at radius 3 is 2.48 bits per heavy atom. The van der Waals surface area contributed by atoms with Crippen molar-refractivity contribution in [2.45, 2.75) is 45.1 Å². The Bertz CT molecular complexity index is 609. The number of benzene rings is 1. The van der Waals surface area contributed by atoms with Crippen molar-refractivity contribution in [2.75, 3.05) is 13.6 Å². The zero-order valence-corrected chi connectivity index (χ0v) is 14.2. The first-order valence-corrected chi connectivity index (χ1v) is 9.04. The molecule has 0 saturated heterocycles. The van der Waals surface area contributed by atoms with E-state index in [2.05, 4.69) is 30.8 Å². The SMILES string of the molecule is CCc1ccc(S(=O)(=O)NCC2CC2(C)C)cc1CNC. The third-order valence-electron chi connectivity index (χ3n) is 4.47. The molecule has 1 atom stereocenters. The molecule has 0 amide bonds. The molecular formula is C16H26N2O2S. The van der Waals surface area contributed by atoms with Gasteiger partial charge in [0.1, 0.15) is 0 Å². The van der Waals surface area contributed by atoms with Crippen LogP contribution in [0.1, 0.15) is 38.3 Å². The molecule has 1 aliphatic rings. The average Bonchev–Trinajstić information content (AvgIpc) is 3.04. The molecule has 21 heavy (non-hydrogen) atoms. The van der Waals surface area contributed by atoms with Crippen LogP contribution in [0.15, 0.2) is 23.1 Å². The molecule has 2 N–H and O–H groups in total. The lowest BCUT2D eigenvalue weighted by Gasteiger charge is -2.12. The zero-order valence-electron chi connectivity index (χ0n) is 13.4. The molecule has 4 nitrogen and oxygen atoms in total. The van der Waals surface area contributed by atoms with E-state index in [-0.39, 0.29) is 5.41 Å². The fraction of sp³-hybridized carbons (Fsp3) is 0.625. The fourth-order valence-corrected chi connectivity index (χ4v) is 3.82. The van der Waals surface area contributed by atoms with Gasteiger partial charge in [0.25, 0.3) is 0 Å². The molecule has 0 aromatic heterocycles. The second kappa shape index (κ2) is 6.07. The van der Waals surface area contributed by atoms with Crippen molar-refractivity contribution in [3.05, 3.63) is 29.3 Å². The maximum atomic E-state index is 12.4. The number of hydrogen-bond donors (Lipinski definition) is 2. The number of hydrogen-bond acceptors (Lipinski definition) is 3. The van der Waals surface area contributed by atoms with Crippen LogP contribution in [0.3, 0.4) is 0 Å². The van der Waals surface area contributed by atoms with E-state index in [9.17, 15) is 8.42 Å². The van der Waals surface area contributed by atoms with E-state index in [4.69, 9.17) is 0 Å². The van der Waals surface area contributed by atoms with Crippen LogP contribution in [0.4, 0.5) is 0 Å². The highest BCUT2D eigenvalue weighted by molar-refractivity contribution is 7.89. The van der Waals surface area contributed by atoms with E-state index in [1.54, 1.807) is 12.1 Å². The van der Waals surface area contributed by atoms with Gasteiger partial charge in [0.05, 0.1) is 4.90 Å². The largest absolute Gasteiger partial charge is 0.316 e. The minimum atomic E-state index is -3.41. The van der Waals surface area contributed by atoms with E-state index < -0.39 is 10.0 Å².